The minimum absolute atomic E-state index is 0.156. The topological polar surface area (TPSA) is 132 Å². The second-order valence-corrected chi connectivity index (χ2v) is 14.2. The fourth-order valence-electron chi connectivity index (χ4n) is 5.27. The van der Waals surface area contributed by atoms with Crippen LogP contribution in [0, 0.1) is 0 Å². The molecular weight excluding hydrogens is 643 g/mol. The van der Waals surface area contributed by atoms with Crippen LogP contribution in [-0.4, -0.2) is 53.3 Å². The van der Waals surface area contributed by atoms with Gasteiger partial charge < -0.3 is 24.0 Å². The summed E-state index contributed by atoms with van der Waals surface area (Å²) in [6.07, 6.45) is 38.6. The average Bonchev–Trinajstić information content (AvgIpc) is 3.82. The van der Waals surface area contributed by atoms with Gasteiger partial charge in [-0.1, -0.05) is 114 Å². The number of esters is 2. The van der Waals surface area contributed by atoms with Gasteiger partial charge in [-0.15, -0.1) is 0 Å². The van der Waals surface area contributed by atoms with E-state index in [4.69, 9.17) is 24.0 Å². The SMILES string of the molecule is CCCCC/C=C\C/C=C\C/C=C\CCCCC(=O)O[C@H](COC(=O)CCCCCCC/C=C\CC1OC1CCCCC)COP(=O)(O)O. The van der Waals surface area contributed by atoms with Crippen LogP contribution in [0.3, 0.4) is 0 Å². The van der Waals surface area contributed by atoms with Crippen molar-refractivity contribution >= 4 is 19.8 Å². The Morgan fingerprint density at radius 3 is 1.86 bits per heavy atom. The Morgan fingerprint density at radius 2 is 1.18 bits per heavy atom. The summed E-state index contributed by atoms with van der Waals surface area (Å²) in [7, 11) is -4.77. The van der Waals surface area contributed by atoms with Crippen LogP contribution in [0.25, 0.3) is 0 Å². The van der Waals surface area contributed by atoms with Gasteiger partial charge in [0.2, 0.25) is 0 Å². The van der Waals surface area contributed by atoms with E-state index in [1.54, 1.807) is 0 Å². The highest BCUT2D eigenvalue weighted by Gasteiger charge is 2.36. The van der Waals surface area contributed by atoms with Crippen LogP contribution >= 0.6 is 7.82 Å². The maximum atomic E-state index is 12.3. The van der Waals surface area contributed by atoms with Gasteiger partial charge in [0.1, 0.15) is 6.61 Å². The van der Waals surface area contributed by atoms with E-state index in [-0.39, 0.29) is 19.4 Å². The number of phosphoric acid groups is 1. The quantitative estimate of drug-likeness (QED) is 0.0224. The van der Waals surface area contributed by atoms with E-state index in [1.165, 1.54) is 44.9 Å². The predicted octanol–water partition coefficient (Wildman–Crippen LogP) is 10.2. The highest BCUT2D eigenvalue weighted by Crippen LogP contribution is 2.36. The number of carbonyl (C=O) groups excluding carboxylic acids is 2. The number of unbranched alkanes of at least 4 members (excludes halogenated alkanes) is 12. The van der Waals surface area contributed by atoms with Crippen LogP contribution in [0.4, 0.5) is 0 Å². The van der Waals surface area contributed by atoms with Gasteiger partial charge in [-0.3, -0.25) is 14.1 Å². The molecule has 9 nitrogen and oxygen atoms in total. The molecule has 0 aromatic rings. The molecule has 0 spiro atoms. The van der Waals surface area contributed by atoms with Crippen molar-refractivity contribution in [3.63, 3.8) is 0 Å². The normalized spacial score (nSPS) is 17.1. The van der Waals surface area contributed by atoms with Crippen molar-refractivity contribution < 1.29 is 42.7 Å². The molecule has 49 heavy (non-hydrogen) atoms. The summed E-state index contributed by atoms with van der Waals surface area (Å²) in [5, 5.41) is 0. The number of carbonyl (C=O) groups is 2. The molecule has 0 aliphatic carbocycles. The van der Waals surface area contributed by atoms with Crippen LogP contribution in [0.15, 0.2) is 48.6 Å². The molecule has 1 aliphatic rings. The molecule has 1 saturated heterocycles. The maximum Gasteiger partial charge on any atom is 0.469 e. The summed E-state index contributed by atoms with van der Waals surface area (Å²) in [5.74, 6) is -0.955. The smallest absolute Gasteiger partial charge is 0.462 e. The Kier molecular flexibility index (Phi) is 28.2. The lowest BCUT2D eigenvalue weighted by Gasteiger charge is -2.18. The number of epoxide rings is 1. The van der Waals surface area contributed by atoms with Crippen LogP contribution in [0.1, 0.15) is 155 Å². The van der Waals surface area contributed by atoms with Crippen molar-refractivity contribution in [1.29, 1.82) is 0 Å². The zero-order chi connectivity index (χ0) is 35.8. The number of phosphoric ester groups is 1. The van der Waals surface area contributed by atoms with Crippen molar-refractivity contribution in [1.82, 2.24) is 0 Å². The van der Waals surface area contributed by atoms with E-state index >= 15 is 0 Å². The molecular formula is C39H67O9P. The largest absolute Gasteiger partial charge is 0.469 e. The summed E-state index contributed by atoms with van der Waals surface area (Å²) in [5.41, 5.74) is 0. The maximum absolute atomic E-state index is 12.3. The Bertz CT molecular complexity index is 1000. The fraction of sp³-hybridized carbons (Fsp3) is 0.744. The lowest BCUT2D eigenvalue weighted by molar-refractivity contribution is -0.161. The van der Waals surface area contributed by atoms with Gasteiger partial charge in [0.25, 0.3) is 0 Å². The highest BCUT2D eigenvalue weighted by atomic mass is 31.2. The first-order valence-corrected chi connectivity index (χ1v) is 20.6. The Hall–Kier alpha value is -2.03. The third kappa shape index (κ3) is 30.5. The van der Waals surface area contributed by atoms with E-state index in [0.29, 0.717) is 25.0 Å². The first kappa shape index (κ1) is 45.0. The molecule has 3 atom stereocenters. The van der Waals surface area contributed by atoms with E-state index in [1.807, 2.05) is 0 Å². The first-order valence-electron chi connectivity index (χ1n) is 19.1. The summed E-state index contributed by atoms with van der Waals surface area (Å²) in [6, 6.07) is 0. The highest BCUT2D eigenvalue weighted by molar-refractivity contribution is 7.46. The molecule has 1 rings (SSSR count). The monoisotopic (exact) mass is 710 g/mol. The molecule has 0 saturated carbocycles. The van der Waals surface area contributed by atoms with Gasteiger partial charge in [0, 0.05) is 12.8 Å². The van der Waals surface area contributed by atoms with Crippen molar-refractivity contribution in [2.24, 2.45) is 0 Å². The number of hydrogen-bond donors (Lipinski definition) is 2. The number of allylic oxidation sites excluding steroid dienone is 7. The lowest BCUT2D eigenvalue weighted by Crippen LogP contribution is -2.29. The van der Waals surface area contributed by atoms with Crippen LogP contribution < -0.4 is 0 Å². The third-order valence-corrected chi connectivity index (χ3v) is 8.73. The molecule has 0 amide bonds. The van der Waals surface area contributed by atoms with E-state index in [0.717, 1.165) is 70.6 Å². The molecule has 0 radical (unpaired) electrons. The zero-order valence-corrected chi connectivity index (χ0v) is 31.4. The van der Waals surface area contributed by atoms with Crippen LogP contribution in [0.2, 0.25) is 0 Å². The predicted molar refractivity (Wildman–Crippen MR) is 197 cm³/mol. The molecule has 2 unspecified atom stereocenters. The summed E-state index contributed by atoms with van der Waals surface area (Å²) >= 11 is 0. The lowest BCUT2D eigenvalue weighted by atomic mass is 10.1. The molecule has 1 fully saturated rings. The molecule has 2 N–H and O–H groups in total. The standard InChI is InChI=1S/C39H67O9P/c1-3-5-7-8-9-10-11-12-13-14-15-16-21-24-28-32-39(41)47-35(34-46-49(42,43)44)33-45-38(40)31-27-23-20-18-17-19-22-26-30-37-36(48-37)29-25-6-4-2/h9-10,12-13,15-16,22,26,35-37H,3-8,11,14,17-21,23-25,27-34H2,1-2H3,(H2,42,43,44)/b10-9-,13-12-,16-15-,26-22-/t35-,36?,37?/m1/s1. The van der Waals surface area contributed by atoms with Crippen LogP contribution in [-0.2, 0) is 32.9 Å². The molecule has 0 bridgehead atoms. The van der Waals surface area contributed by atoms with E-state index in [9.17, 15) is 14.2 Å². The minimum Gasteiger partial charge on any atom is -0.462 e. The molecule has 0 aromatic carbocycles. The summed E-state index contributed by atoms with van der Waals surface area (Å²) < 4.78 is 32.0. The van der Waals surface area contributed by atoms with Gasteiger partial charge in [-0.25, -0.2) is 4.57 Å². The second kappa shape index (κ2) is 30.8. The van der Waals surface area contributed by atoms with Crippen molar-refractivity contribution in [2.45, 2.75) is 173 Å². The molecule has 1 aliphatic heterocycles. The van der Waals surface area contributed by atoms with E-state index < -0.39 is 32.5 Å². The average molecular weight is 711 g/mol. The number of rotatable bonds is 33. The molecule has 1 heterocycles. The van der Waals surface area contributed by atoms with Gasteiger partial charge in [0.15, 0.2) is 6.10 Å². The summed E-state index contributed by atoms with van der Waals surface area (Å²) in [6.45, 7) is 3.56. The second-order valence-electron chi connectivity index (χ2n) is 12.9. The third-order valence-electron chi connectivity index (χ3n) is 8.24. The van der Waals surface area contributed by atoms with E-state index in [2.05, 4.69) is 67.0 Å². The van der Waals surface area contributed by atoms with Crippen molar-refractivity contribution in [2.75, 3.05) is 13.2 Å². The summed E-state index contributed by atoms with van der Waals surface area (Å²) in [4.78, 5) is 42.7. The Morgan fingerprint density at radius 1 is 0.653 bits per heavy atom. The van der Waals surface area contributed by atoms with Gasteiger partial charge >= 0.3 is 19.8 Å². The minimum atomic E-state index is -4.77. The molecule has 282 valence electrons. The van der Waals surface area contributed by atoms with Gasteiger partial charge in [0.05, 0.1) is 18.8 Å². The Balaban J connectivity index is 2.13. The number of ether oxygens (including phenoxy) is 3. The zero-order valence-electron chi connectivity index (χ0n) is 30.5. The van der Waals surface area contributed by atoms with Gasteiger partial charge in [-0.2, -0.15) is 0 Å². The molecule has 0 aromatic heterocycles. The fourth-order valence-corrected chi connectivity index (χ4v) is 5.63. The van der Waals surface area contributed by atoms with Crippen molar-refractivity contribution in [3.8, 4) is 0 Å². The first-order chi connectivity index (χ1) is 23.7. The van der Waals surface area contributed by atoms with Gasteiger partial charge in [-0.05, 0) is 77.0 Å². The Labute approximate surface area is 297 Å². The molecule has 10 heteroatoms. The number of hydrogen-bond acceptors (Lipinski definition) is 7. The van der Waals surface area contributed by atoms with Crippen LogP contribution in [0.5, 0.6) is 0 Å². The van der Waals surface area contributed by atoms with Crippen molar-refractivity contribution in [3.05, 3.63) is 48.6 Å².